The number of nitrogens with two attached hydrogens (primary N) is 1. The average Bonchev–Trinajstić information content (AvgIpc) is 2.37. The number of nitrogens with one attached hydrogen (secondary N) is 2. The third-order valence-corrected chi connectivity index (χ3v) is 3.75. The second-order valence-corrected chi connectivity index (χ2v) is 6.08. The minimum absolute atomic E-state index is 0.0147. The van der Waals surface area contributed by atoms with Gasteiger partial charge < -0.3 is 10.9 Å². The lowest BCUT2D eigenvalue weighted by atomic mass is 10.2. The van der Waals surface area contributed by atoms with E-state index in [1.807, 2.05) is 4.72 Å². The van der Waals surface area contributed by atoms with Crippen molar-refractivity contribution in [2.24, 2.45) is 10.9 Å². The van der Waals surface area contributed by atoms with Crippen molar-refractivity contribution >= 4 is 37.7 Å². The minimum atomic E-state index is -4.66. The topological polar surface area (TPSA) is 117 Å². The molecule has 0 radical (unpaired) electrons. The fourth-order valence-electron chi connectivity index (χ4n) is 1.17. The molecule has 0 amide bonds. The SMILES string of the molecule is N/C(=N/O)c1ccc(NS(=O)(=O)NCC(F)(F)F)c(Br)c1. The van der Waals surface area contributed by atoms with Crippen molar-refractivity contribution in [1.82, 2.24) is 4.72 Å². The van der Waals surface area contributed by atoms with Crippen molar-refractivity contribution < 1.29 is 26.8 Å². The molecule has 12 heteroatoms. The molecular weight excluding hydrogens is 381 g/mol. The molecule has 7 nitrogen and oxygen atoms in total. The Bertz CT molecular complexity index is 648. The predicted octanol–water partition coefficient (Wildman–Crippen LogP) is 1.35. The third kappa shape index (κ3) is 5.77. The number of halogens is 4. The second-order valence-electron chi connectivity index (χ2n) is 3.72. The number of amidine groups is 1. The van der Waals surface area contributed by atoms with Crippen molar-refractivity contribution in [3.05, 3.63) is 28.2 Å². The van der Waals surface area contributed by atoms with Crippen LogP contribution in [0.15, 0.2) is 27.8 Å². The molecule has 0 aliphatic heterocycles. The number of rotatable bonds is 5. The normalized spacial score (nSPS) is 13.2. The summed E-state index contributed by atoms with van der Waals surface area (Å²) in [6.45, 7) is -1.69. The van der Waals surface area contributed by atoms with Crippen molar-refractivity contribution in [3.8, 4) is 0 Å². The van der Waals surface area contributed by atoms with Crippen LogP contribution in [-0.4, -0.2) is 32.2 Å². The molecule has 5 N–H and O–H groups in total. The molecule has 0 saturated carbocycles. The van der Waals surface area contributed by atoms with E-state index in [9.17, 15) is 21.6 Å². The molecule has 0 aliphatic rings. The van der Waals surface area contributed by atoms with Crippen LogP contribution in [0.5, 0.6) is 0 Å². The monoisotopic (exact) mass is 390 g/mol. The van der Waals surface area contributed by atoms with Gasteiger partial charge in [0.05, 0.1) is 5.69 Å². The Kier molecular flexibility index (Phi) is 5.42. The van der Waals surface area contributed by atoms with Gasteiger partial charge in [-0.2, -0.15) is 26.3 Å². The van der Waals surface area contributed by atoms with Crippen molar-refractivity contribution in [3.63, 3.8) is 0 Å². The van der Waals surface area contributed by atoms with Crippen LogP contribution in [0.2, 0.25) is 0 Å². The summed E-state index contributed by atoms with van der Waals surface area (Å²) in [6.07, 6.45) is -4.66. The molecule has 1 aromatic carbocycles. The lowest BCUT2D eigenvalue weighted by Crippen LogP contribution is -2.37. The smallest absolute Gasteiger partial charge is 0.402 e. The zero-order valence-electron chi connectivity index (χ0n) is 10.1. The maximum atomic E-state index is 12.0. The number of alkyl halides is 3. The molecule has 1 rings (SSSR count). The lowest BCUT2D eigenvalue weighted by Gasteiger charge is -2.12. The van der Waals surface area contributed by atoms with E-state index in [1.54, 1.807) is 0 Å². The van der Waals surface area contributed by atoms with Crippen LogP contribution >= 0.6 is 15.9 Å². The molecule has 0 bridgehead atoms. The van der Waals surface area contributed by atoms with Gasteiger partial charge >= 0.3 is 6.18 Å². The first kappa shape index (κ1) is 17.5. The minimum Gasteiger partial charge on any atom is -0.409 e. The summed E-state index contributed by atoms with van der Waals surface area (Å²) in [4.78, 5) is 0. The summed E-state index contributed by atoms with van der Waals surface area (Å²) in [5.74, 6) is -0.208. The van der Waals surface area contributed by atoms with Crippen LogP contribution in [-0.2, 0) is 10.2 Å². The average molecular weight is 391 g/mol. The van der Waals surface area contributed by atoms with Gasteiger partial charge in [-0.15, -0.1) is 0 Å². The Balaban J connectivity index is 2.88. The quantitative estimate of drug-likeness (QED) is 0.262. The first-order valence-corrected chi connectivity index (χ1v) is 7.43. The van der Waals surface area contributed by atoms with E-state index in [4.69, 9.17) is 10.9 Å². The Morgan fingerprint density at radius 1 is 1.43 bits per heavy atom. The number of hydrogen-bond donors (Lipinski definition) is 4. The van der Waals surface area contributed by atoms with E-state index in [0.717, 1.165) is 0 Å². The third-order valence-electron chi connectivity index (χ3n) is 2.08. The molecule has 0 aliphatic carbocycles. The first-order chi connectivity index (χ1) is 9.54. The summed E-state index contributed by atoms with van der Waals surface area (Å²) in [5, 5.41) is 11.3. The van der Waals surface area contributed by atoms with Crippen LogP contribution < -0.4 is 15.2 Å². The molecule has 0 unspecified atom stereocenters. The van der Waals surface area contributed by atoms with Crippen LogP contribution in [0.25, 0.3) is 0 Å². The fourth-order valence-corrected chi connectivity index (χ4v) is 2.68. The van der Waals surface area contributed by atoms with Crippen molar-refractivity contribution in [2.75, 3.05) is 11.3 Å². The Morgan fingerprint density at radius 3 is 2.52 bits per heavy atom. The highest BCUT2D eigenvalue weighted by Crippen LogP contribution is 2.24. The van der Waals surface area contributed by atoms with Gasteiger partial charge in [0.15, 0.2) is 5.84 Å². The molecular formula is C9H10BrF3N4O3S. The molecule has 0 spiro atoms. The molecule has 0 aromatic heterocycles. The van der Waals surface area contributed by atoms with Crippen LogP contribution in [0.1, 0.15) is 5.56 Å². The van der Waals surface area contributed by atoms with Gasteiger partial charge in [-0.25, -0.2) is 0 Å². The Morgan fingerprint density at radius 2 is 2.05 bits per heavy atom. The van der Waals surface area contributed by atoms with E-state index < -0.39 is 22.9 Å². The van der Waals surface area contributed by atoms with E-state index in [0.29, 0.717) is 0 Å². The van der Waals surface area contributed by atoms with Gasteiger partial charge in [0.1, 0.15) is 6.54 Å². The zero-order valence-corrected chi connectivity index (χ0v) is 12.6. The number of oxime groups is 1. The van der Waals surface area contributed by atoms with E-state index in [-0.39, 0.29) is 21.6 Å². The number of hydrogen-bond acceptors (Lipinski definition) is 4. The van der Waals surface area contributed by atoms with E-state index >= 15 is 0 Å². The van der Waals surface area contributed by atoms with Crippen LogP contribution in [0.4, 0.5) is 18.9 Å². The Hall–Kier alpha value is -1.53. The van der Waals surface area contributed by atoms with Gasteiger partial charge in [0.2, 0.25) is 0 Å². The fraction of sp³-hybridized carbons (Fsp3) is 0.222. The van der Waals surface area contributed by atoms with Crippen LogP contribution in [0.3, 0.4) is 0 Å². The predicted molar refractivity (Wildman–Crippen MR) is 73.3 cm³/mol. The van der Waals surface area contributed by atoms with Gasteiger partial charge in [-0.05, 0) is 34.1 Å². The molecule has 21 heavy (non-hydrogen) atoms. The first-order valence-electron chi connectivity index (χ1n) is 5.15. The molecule has 0 fully saturated rings. The standard InChI is InChI=1S/C9H10BrF3N4O3S/c10-6-3-5(8(14)16-18)1-2-7(6)17-21(19,20)15-4-9(11,12)13/h1-3,15,17-18H,4H2,(H2,14,16). The molecule has 118 valence electrons. The lowest BCUT2D eigenvalue weighted by molar-refractivity contribution is -0.121. The van der Waals surface area contributed by atoms with Crippen molar-refractivity contribution in [1.29, 1.82) is 0 Å². The second kappa shape index (κ2) is 6.49. The maximum Gasteiger partial charge on any atom is 0.402 e. The number of anilines is 1. The van der Waals surface area contributed by atoms with E-state index in [2.05, 4.69) is 21.1 Å². The van der Waals surface area contributed by atoms with Gasteiger partial charge in [-0.1, -0.05) is 5.16 Å². The van der Waals surface area contributed by atoms with Crippen LogP contribution in [0, 0.1) is 0 Å². The Labute approximate surface area is 126 Å². The summed E-state index contributed by atoms with van der Waals surface area (Å²) >= 11 is 3.02. The summed E-state index contributed by atoms with van der Waals surface area (Å²) in [6, 6.07) is 3.89. The largest absolute Gasteiger partial charge is 0.409 e. The highest BCUT2D eigenvalue weighted by molar-refractivity contribution is 9.10. The maximum absolute atomic E-state index is 12.0. The van der Waals surface area contributed by atoms with Gasteiger partial charge in [0.25, 0.3) is 10.2 Å². The molecule has 1 aromatic rings. The summed E-state index contributed by atoms with van der Waals surface area (Å²) < 4.78 is 62.3. The summed E-state index contributed by atoms with van der Waals surface area (Å²) in [7, 11) is -4.39. The van der Waals surface area contributed by atoms with E-state index in [1.165, 1.54) is 22.9 Å². The summed E-state index contributed by atoms with van der Waals surface area (Å²) in [5.41, 5.74) is 5.61. The van der Waals surface area contributed by atoms with Gasteiger partial charge in [0, 0.05) is 10.0 Å². The number of nitrogens with zero attached hydrogens (tertiary/aromatic N) is 1. The van der Waals surface area contributed by atoms with Crippen molar-refractivity contribution in [2.45, 2.75) is 6.18 Å². The molecule has 0 heterocycles. The number of benzene rings is 1. The van der Waals surface area contributed by atoms with Gasteiger partial charge in [-0.3, -0.25) is 4.72 Å². The molecule has 0 atom stereocenters. The highest BCUT2D eigenvalue weighted by Gasteiger charge is 2.29. The molecule has 0 saturated heterocycles. The zero-order chi connectivity index (χ0) is 16.3. The highest BCUT2D eigenvalue weighted by atomic mass is 79.9.